The zero-order valence-corrected chi connectivity index (χ0v) is 9.33. The summed E-state index contributed by atoms with van der Waals surface area (Å²) in [5.74, 6) is 0. The Morgan fingerprint density at radius 1 is 1.13 bits per heavy atom. The summed E-state index contributed by atoms with van der Waals surface area (Å²) in [5, 5.41) is 9.11. The van der Waals surface area contributed by atoms with Crippen LogP contribution >= 0.6 is 23.2 Å². The molecular weight excluding hydrogens is 231 g/mol. The molecule has 0 unspecified atom stereocenters. The first kappa shape index (κ1) is 10.4. The van der Waals surface area contributed by atoms with Crippen LogP contribution in [0.4, 0.5) is 0 Å². The van der Waals surface area contributed by atoms with Gasteiger partial charge in [0.25, 0.3) is 0 Å². The van der Waals surface area contributed by atoms with E-state index < -0.39 is 0 Å². The summed E-state index contributed by atoms with van der Waals surface area (Å²) < 4.78 is 0. The topological polar surface area (TPSA) is 25.8 Å². The number of hydrogen-bond donors (Lipinski definition) is 0. The van der Waals surface area contributed by atoms with Crippen molar-refractivity contribution in [3.05, 3.63) is 57.8 Å². The van der Waals surface area contributed by atoms with E-state index in [2.05, 4.69) is 10.2 Å². The zero-order valence-electron chi connectivity index (χ0n) is 7.82. The molecule has 0 saturated heterocycles. The molecule has 0 bridgehead atoms. The van der Waals surface area contributed by atoms with Gasteiger partial charge >= 0.3 is 0 Å². The van der Waals surface area contributed by atoms with Crippen LogP contribution in [0.25, 0.3) is 0 Å². The first-order valence-electron chi connectivity index (χ1n) is 4.46. The molecule has 0 atom stereocenters. The summed E-state index contributed by atoms with van der Waals surface area (Å²) in [4.78, 5) is 0. The van der Waals surface area contributed by atoms with E-state index in [4.69, 9.17) is 23.2 Å². The van der Waals surface area contributed by atoms with E-state index in [0.29, 0.717) is 16.5 Å². The first-order valence-corrected chi connectivity index (χ1v) is 5.22. The third-order valence-corrected chi connectivity index (χ3v) is 2.60. The lowest BCUT2D eigenvalue weighted by atomic mass is 10.1. The molecule has 0 N–H and O–H groups in total. The van der Waals surface area contributed by atoms with Crippen LogP contribution < -0.4 is 0 Å². The van der Waals surface area contributed by atoms with Crippen LogP contribution in [0.15, 0.2) is 36.5 Å². The normalized spacial score (nSPS) is 10.3. The molecule has 0 radical (unpaired) electrons. The molecule has 2 nitrogen and oxygen atoms in total. The van der Waals surface area contributed by atoms with Crippen molar-refractivity contribution < 1.29 is 0 Å². The highest BCUT2D eigenvalue weighted by Crippen LogP contribution is 2.22. The molecule has 1 aromatic carbocycles. The van der Waals surface area contributed by atoms with Gasteiger partial charge in [-0.15, -0.1) is 0 Å². The molecule has 1 aromatic heterocycles. The molecule has 2 rings (SSSR count). The quantitative estimate of drug-likeness (QED) is 0.802. The third-order valence-electron chi connectivity index (χ3n) is 2.01. The second kappa shape index (κ2) is 4.60. The minimum absolute atomic E-state index is 0.642. The summed E-state index contributed by atoms with van der Waals surface area (Å²) in [5.41, 5.74) is 1.89. The monoisotopic (exact) mass is 238 g/mol. The minimum atomic E-state index is 0.642. The Balaban J connectivity index is 2.25. The van der Waals surface area contributed by atoms with E-state index >= 15 is 0 Å². The second-order valence-corrected chi connectivity index (χ2v) is 3.97. The molecule has 0 saturated carbocycles. The van der Waals surface area contributed by atoms with Crippen molar-refractivity contribution in [2.24, 2.45) is 0 Å². The third kappa shape index (κ3) is 2.67. The molecule has 15 heavy (non-hydrogen) atoms. The van der Waals surface area contributed by atoms with Crippen molar-refractivity contribution >= 4 is 23.2 Å². The lowest BCUT2D eigenvalue weighted by Crippen LogP contribution is -1.94. The molecule has 0 spiro atoms. The van der Waals surface area contributed by atoms with Crippen LogP contribution in [0.5, 0.6) is 0 Å². The van der Waals surface area contributed by atoms with Crippen LogP contribution in [0.3, 0.4) is 0 Å². The Labute approximate surface area is 97.9 Å². The fraction of sp³-hybridized carbons (Fsp3) is 0.0909. The number of nitrogens with zero attached hydrogens (tertiary/aromatic N) is 2. The van der Waals surface area contributed by atoms with Crippen LogP contribution in [-0.4, -0.2) is 10.2 Å². The van der Waals surface area contributed by atoms with Crippen molar-refractivity contribution in [1.82, 2.24) is 10.2 Å². The number of hydrogen-bond acceptors (Lipinski definition) is 2. The summed E-state index contributed by atoms with van der Waals surface area (Å²) in [7, 11) is 0. The Bertz CT molecular complexity index is 457. The fourth-order valence-electron chi connectivity index (χ4n) is 1.29. The Kier molecular flexibility index (Phi) is 3.19. The highest BCUT2D eigenvalue weighted by molar-refractivity contribution is 6.35. The van der Waals surface area contributed by atoms with Crippen molar-refractivity contribution in [2.75, 3.05) is 0 Å². The van der Waals surface area contributed by atoms with Crippen molar-refractivity contribution in [3.8, 4) is 0 Å². The number of rotatable bonds is 2. The van der Waals surface area contributed by atoms with E-state index in [1.54, 1.807) is 12.3 Å². The van der Waals surface area contributed by atoms with Gasteiger partial charge in [0.2, 0.25) is 0 Å². The van der Waals surface area contributed by atoms with Gasteiger partial charge in [0, 0.05) is 22.7 Å². The van der Waals surface area contributed by atoms with Crippen LogP contribution in [0.1, 0.15) is 11.3 Å². The molecule has 76 valence electrons. The highest BCUT2D eigenvalue weighted by Gasteiger charge is 2.03. The molecular formula is C11H8Cl2N2. The smallest absolute Gasteiger partial charge is 0.0675 e. The van der Waals surface area contributed by atoms with Gasteiger partial charge in [-0.2, -0.15) is 10.2 Å². The molecule has 0 amide bonds. The lowest BCUT2D eigenvalue weighted by molar-refractivity contribution is 0.937. The van der Waals surface area contributed by atoms with Gasteiger partial charge in [-0.25, -0.2) is 0 Å². The van der Waals surface area contributed by atoms with E-state index in [1.165, 1.54) is 0 Å². The number of aromatic nitrogens is 2. The van der Waals surface area contributed by atoms with E-state index in [1.807, 2.05) is 24.3 Å². The molecule has 0 fully saturated rings. The summed E-state index contributed by atoms with van der Waals surface area (Å²) in [6.07, 6.45) is 2.32. The minimum Gasteiger partial charge on any atom is -0.159 e. The second-order valence-electron chi connectivity index (χ2n) is 3.13. The SMILES string of the molecule is Clc1ccc(Cc2cccnn2)c(Cl)c1. The maximum Gasteiger partial charge on any atom is 0.0675 e. The molecule has 4 heteroatoms. The maximum atomic E-state index is 6.05. The summed E-state index contributed by atoms with van der Waals surface area (Å²) in [6.45, 7) is 0. The van der Waals surface area contributed by atoms with Gasteiger partial charge in [-0.05, 0) is 29.8 Å². The van der Waals surface area contributed by atoms with E-state index in [0.717, 1.165) is 11.3 Å². The Hall–Kier alpha value is -1.12. The van der Waals surface area contributed by atoms with Crippen LogP contribution in [0, 0.1) is 0 Å². The van der Waals surface area contributed by atoms with Crippen molar-refractivity contribution in [1.29, 1.82) is 0 Å². The van der Waals surface area contributed by atoms with Crippen LogP contribution in [0.2, 0.25) is 10.0 Å². The Morgan fingerprint density at radius 2 is 2.00 bits per heavy atom. The standard InChI is InChI=1S/C11H8Cl2N2/c12-9-4-3-8(11(13)7-9)6-10-2-1-5-14-15-10/h1-5,7H,6H2. The highest BCUT2D eigenvalue weighted by atomic mass is 35.5. The predicted octanol–water partition coefficient (Wildman–Crippen LogP) is 3.37. The van der Waals surface area contributed by atoms with Gasteiger partial charge in [0.1, 0.15) is 0 Å². The van der Waals surface area contributed by atoms with E-state index in [-0.39, 0.29) is 0 Å². The van der Waals surface area contributed by atoms with Gasteiger partial charge < -0.3 is 0 Å². The van der Waals surface area contributed by atoms with Crippen molar-refractivity contribution in [2.45, 2.75) is 6.42 Å². The predicted molar refractivity (Wildman–Crippen MR) is 61.3 cm³/mol. The zero-order chi connectivity index (χ0) is 10.7. The van der Waals surface area contributed by atoms with Gasteiger partial charge in [0.05, 0.1) is 5.69 Å². The van der Waals surface area contributed by atoms with Gasteiger partial charge in [-0.3, -0.25) is 0 Å². The largest absolute Gasteiger partial charge is 0.159 e. The van der Waals surface area contributed by atoms with Crippen LogP contribution in [-0.2, 0) is 6.42 Å². The average molecular weight is 239 g/mol. The molecule has 1 heterocycles. The first-order chi connectivity index (χ1) is 7.25. The maximum absolute atomic E-state index is 6.05. The number of benzene rings is 1. The molecule has 2 aromatic rings. The average Bonchev–Trinajstić information content (AvgIpc) is 2.24. The Morgan fingerprint density at radius 3 is 2.67 bits per heavy atom. The van der Waals surface area contributed by atoms with Gasteiger partial charge in [-0.1, -0.05) is 29.3 Å². The fourth-order valence-corrected chi connectivity index (χ4v) is 1.76. The summed E-state index contributed by atoms with van der Waals surface area (Å²) in [6, 6.07) is 9.22. The van der Waals surface area contributed by atoms with Crippen molar-refractivity contribution in [3.63, 3.8) is 0 Å². The lowest BCUT2D eigenvalue weighted by Gasteiger charge is -2.03. The van der Waals surface area contributed by atoms with Gasteiger partial charge in [0.15, 0.2) is 0 Å². The molecule has 0 aliphatic heterocycles. The molecule has 0 aliphatic carbocycles. The number of halogens is 2. The molecule has 0 aliphatic rings. The summed E-state index contributed by atoms with van der Waals surface area (Å²) >= 11 is 11.9. The van der Waals surface area contributed by atoms with E-state index in [9.17, 15) is 0 Å².